The van der Waals surface area contributed by atoms with Gasteiger partial charge in [-0.1, -0.05) is 19.2 Å². The average molecular weight is 303 g/mol. The number of pyridine rings is 1. The van der Waals surface area contributed by atoms with Crippen molar-refractivity contribution in [2.75, 3.05) is 31.1 Å². The third-order valence-electron chi connectivity index (χ3n) is 3.35. The smallest absolute Gasteiger partial charge is 0.128 e. The highest BCUT2D eigenvalue weighted by Gasteiger charge is 2.16. The minimum Gasteiger partial charge on any atom is -0.390 e. The number of allylic oxidation sites excluding steroid dienone is 1. The molecule has 1 aliphatic rings. The van der Waals surface area contributed by atoms with Crippen molar-refractivity contribution in [2.45, 2.75) is 25.8 Å². The topological polar surface area (TPSA) is 66.2 Å². The molecule has 0 unspecified atom stereocenters. The first-order chi connectivity index (χ1) is 10.6. The monoisotopic (exact) mass is 303 g/mol. The Hall–Kier alpha value is -2.01. The van der Waals surface area contributed by atoms with Crippen LogP contribution in [-0.4, -0.2) is 37.2 Å². The van der Waals surface area contributed by atoms with E-state index in [2.05, 4.69) is 39.7 Å². The Labute approximate surface area is 134 Å². The molecule has 0 amide bonds. The molecule has 5 nitrogen and oxygen atoms in total. The van der Waals surface area contributed by atoms with Crippen molar-refractivity contribution in [3.8, 4) is 0 Å². The Morgan fingerprint density at radius 2 is 2.14 bits per heavy atom. The predicted molar refractivity (Wildman–Crippen MR) is 94.7 cm³/mol. The van der Waals surface area contributed by atoms with Gasteiger partial charge in [0.1, 0.15) is 5.82 Å². The van der Waals surface area contributed by atoms with Crippen molar-refractivity contribution in [2.24, 2.45) is 5.73 Å². The lowest BCUT2D eigenvalue weighted by Gasteiger charge is -2.30. The van der Waals surface area contributed by atoms with Crippen LogP contribution in [-0.2, 0) is 0 Å². The zero-order chi connectivity index (χ0) is 16.2. The molecule has 0 spiro atoms. The lowest BCUT2D eigenvalue weighted by atomic mass is 10.1. The molecule has 2 heterocycles. The number of aromatic nitrogens is 1. The standard InChI is InChI=1S/C10H15N3.C7H14N2/c11-9-4-7-13(8-5-9)10-3-1-2-6-12-10;1-4-8-5-6-9-7(2)3/h1-3,6,9H,4-5,7-8,11H2;4,8-9H,1-2,5-6H2,3H3. The van der Waals surface area contributed by atoms with Gasteiger partial charge in [-0.15, -0.1) is 0 Å². The molecule has 1 aromatic heterocycles. The highest BCUT2D eigenvalue weighted by atomic mass is 15.2. The highest BCUT2D eigenvalue weighted by Crippen LogP contribution is 2.15. The van der Waals surface area contributed by atoms with E-state index in [1.807, 2.05) is 25.3 Å². The lowest BCUT2D eigenvalue weighted by molar-refractivity contribution is 0.498. The van der Waals surface area contributed by atoms with Gasteiger partial charge in [0.15, 0.2) is 0 Å². The van der Waals surface area contributed by atoms with Gasteiger partial charge >= 0.3 is 0 Å². The molecule has 1 saturated heterocycles. The van der Waals surface area contributed by atoms with Gasteiger partial charge in [-0.3, -0.25) is 0 Å². The molecular weight excluding hydrogens is 274 g/mol. The lowest BCUT2D eigenvalue weighted by Crippen LogP contribution is -2.39. The van der Waals surface area contributed by atoms with Gasteiger partial charge in [0.2, 0.25) is 0 Å². The summed E-state index contributed by atoms with van der Waals surface area (Å²) >= 11 is 0. The molecule has 0 saturated carbocycles. The molecule has 1 aliphatic heterocycles. The molecule has 0 aromatic carbocycles. The molecule has 0 aliphatic carbocycles. The number of piperidine rings is 1. The van der Waals surface area contributed by atoms with E-state index in [1.54, 1.807) is 6.20 Å². The van der Waals surface area contributed by atoms with E-state index < -0.39 is 0 Å². The van der Waals surface area contributed by atoms with Crippen molar-refractivity contribution in [3.05, 3.63) is 49.5 Å². The molecule has 2 rings (SSSR count). The molecule has 0 radical (unpaired) electrons. The fraction of sp³-hybridized carbons (Fsp3) is 0.471. The summed E-state index contributed by atoms with van der Waals surface area (Å²) in [7, 11) is 0. The van der Waals surface area contributed by atoms with Crippen molar-refractivity contribution in [3.63, 3.8) is 0 Å². The fourth-order valence-corrected chi connectivity index (χ4v) is 2.12. The summed E-state index contributed by atoms with van der Waals surface area (Å²) in [6.45, 7) is 13.0. The number of nitrogens with one attached hydrogen (secondary N) is 2. The average Bonchev–Trinajstić information content (AvgIpc) is 2.54. The molecule has 122 valence electrons. The van der Waals surface area contributed by atoms with Gasteiger partial charge in [-0.05, 0) is 38.1 Å². The number of rotatable bonds is 6. The Balaban J connectivity index is 0.000000239. The Bertz CT molecular complexity index is 424. The van der Waals surface area contributed by atoms with Crippen LogP contribution in [0.15, 0.2) is 49.5 Å². The van der Waals surface area contributed by atoms with E-state index in [0.29, 0.717) is 6.04 Å². The summed E-state index contributed by atoms with van der Waals surface area (Å²) in [6, 6.07) is 6.41. The zero-order valence-electron chi connectivity index (χ0n) is 13.6. The number of hydrogen-bond donors (Lipinski definition) is 3. The van der Waals surface area contributed by atoms with Crippen LogP contribution in [0.3, 0.4) is 0 Å². The van der Waals surface area contributed by atoms with E-state index >= 15 is 0 Å². The Kier molecular flexibility index (Phi) is 8.76. The summed E-state index contributed by atoms with van der Waals surface area (Å²) in [5, 5.41) is 6.04. The maximum atomic E-state index is 5.83. The van der Waals surface area contributed by atoms with Crippen molar-refractivity contribution < 1.29 is 0 Å². The van der Waals surface area contributed by atoms with Crippen LogP contribution in [0.25, 0.3) is 0 Å². The molecule has 1 fully saturated rings. The van der Waals surface area contributed by atoms with E-state index in [4.69, 9.17) is 5.73 Å². The Morgan fingerprint density at radius 1 is 1.41 bits per heavy atom. The van der Waals surface area contributed by atoms with E-state index in [0.717, 1.165) is 50.5 Å². The van der Waals surface area contributed by atoms with Crippen LogP contribution < -0.4 is 21.3 Å². The molecule has 22 heavy (non-hydrogen) atoms. The van der Waals surface area contributed by atoms with Gasteiger partial charge in [0, 0.05) is 44.1 Å². The van der Waals surface area contributed by atoms with Gasteiger partial charge in [-0.25, -0.2) is 4.98 Å². The first kappa shape index (κ1) is 18.0. The van der Waals surface area contributed by atoms with Gasteiger partial charge < -0.3 is 21.3 Å². The summed E-state index contributed by atoms with van der Waals surface area (Å²) in [4.78, 5) is 6.61. The van der Waals surface area contributed by atoms with Gasteiger partial charge in [0.25, 0.3) is 0 Å². The molecule has 5 heteroatoms. The van der Waals surface area contributed by atoms with Crippen molar-refractivity contribution >= 4 is 5.82 Å². The van der Waals surface area contributed by atoms with Crippen LogP contribution >= 0.6 is 0 Å². The van der Waals surface area contributed by atoms with Crippen LogP contribution in [0.4, 0.5) is 5.82 Å². The summed E-state index contributed by atoms with van der Waals surface area (Å²) in [5.74, 6) is 1.08. The molecular formula is C17H29N5. The fourth-order valence-electron chi connectivity index (χ4n) is 2.12. The quantitative estimate of drug-likeness (QED) is 0.700. The second-order valence-corrected chi connectivity index (χ2v) is 5.38. The largest absolute Gasteiger partial charge is 0.390 e. The number of anilines is 1. The maximum absolute atomic E-state index is 5.83. The maximum Gasteiger partial charge on any atom is 0.128 e. The second-order valence-electron chi connectivity index (χ2n) is 5.38. The molecule has 0 atom stereocenters. The summed E-state index contributed by atoms with van der Waals surface area (Å²) in [5.41, 5.74) is 6.83. The third kappa shape index (κ3) is 7.69. The van der Waals surface area contributed by atoms with Crippen LogP contribution in [0, 0.1) is 0 Å². The Morgan fingerprint density at radius 3 is 2.68 bits per heavy atom. The number of nitrogens with zero attached hydrogens (tertiary/aromatic N) is 2. The highest BCUT2D eigenvalue weighted by molar-refractivity contribution is 5.38. The zero-order valence-corrected chi connectivity index (χ0v) is 13.6. The third-order valence-corrected chi connectivity index (χ3v) is 3.35. The van der Waals surface area contributed by atoms with Crippen molar-refractivity contribution in [1.82, 2.24) is 15.6 Å². The van der Waals surface area contributed by atoms with Gasteiger partial charge in [-0.2, -0.15) is 0 Å². The number of hydrogen-bond acceptors (Lipinski definition) is 5. The van der Waals surface area contributed by atoms with Crippen LogP contribution in [0.5, 0.6) is 0 Å². The normalized spacial score (nSPS) is 14.5. The first-order valence-electron chi connectivity index (χ1n) is 7.78. The summed E-state index contributed by atoms with van der Waals surface area (Å²) < 4.78 is 0. The first-order valence-corrected chi connectivity index (χ1v) is 7.78. The SMILES string of the molecule is C=CNCCNC(=C)C.NC1CCN(c2ccccn2)CC1. The molecule has 1 aromatic rings. The van der Waals surface area contributed by atoms with Crippen LogP contribution in [0.1, 0.15) is 19.8 Å². The minimum atomic E-state index is 0.389. The predicted octanol–water partition coefficient (Wildman–Crippen LogP) is 1.85. The minimum absolute atomic E-state index is 0.389. The second kappa shape index (κ2) is 10.7. The molecule has 4 N–H and O–H groups in total. The summed E-state index contributed by atoms with van der Waals surface area (Å²) in [6.07, 6.45) is 5.68. The molecule has 0 bridgehead atoms. The van der Waals surface area contributed by atoms with E-state index in [-0.39, 0.29) is 0 Å². The number of nitrogens with two attached hydrogens (primary N) is 1. The van der Waals surface area contributed by atoms with Crippen molar-refractivity contribution in [1.29, 1.82) is 0 Å². The van der Waals surface area contributed by atoms with Gasteiger partial charge in [0.05, 0.1) is 0 Å². The van der Waals surface area contributed by atoms with Crippen LogP contribution in [0.2, 0.25) is 0 Å². The van der Waals surface area contributed by atoms with E-state index in [1.165, 1.54) is 0 Å². The van der Waals surface area contributed by atoms with E-state index in [9.17, 15) is 0 Å².